The van der Waals surface area contributed by atoms with E-state index in [0.717, 1.165) is 35.1 Å². The van der Waals surface area contributed by atoms with Crippen molar-refractivity contribution in [3.63, 3.8) is 0 Å². The molecule has 2 aliphatic rings. The highest BCUT2D eigenvalue weighted by atomic mass is 35.5. The van der Waals surface area contributed by atoms with E-state index in [0.29, 0.717) is 17.0 Å². The zero-order valence-corrected chi connectivity index (χ0v) is 16.8. The van der Waals surface area contributed by atoms with Gasteiger partial charge >= 0.3 is 0 Å². The highest BCUT2D eigenvalue weighted by Crippen LogP contribution is 2.31. The van der Waals surface area contributed by atoms with Gasteiger partial charge in [-0.15, -0.1) is 12.4 Å². The summed E-state index contributed by atoms with van der Waals surface area (Å²) in [6, 6.07) is 1.01. The molecule has 0 radical (unpaired) electrons. The standard InChI is InChI=1S/C18H28N2O2S.ClH/c1-10-11(2)13(4)18(14(5)12(10)3)23(21,22)20-17-8-15-6-7-16(9-17)19-15;/h15-17,19-20H,6-9H2,1-5H3;1H. The fourth-order valence-corrected chi connectivity index (χ4v) is 6.16. The number of halogens is 1. The molecule has 2 bridgehead atoms. The summed E-state index contributed by atoms with van der Waals surface area (Å²) in [6.07, 6.45) is 4.14. The maximum atomic E-state index is 13.1. The molecule has 0 spiro atoms. The highest BCUT2D eigenvalue weighted by molar-refractivity contribution is 7.89. The molecule has 0 aromatic heterocycles. The fraction of sp³-hybridized carbons (Fsp3) is 0.667. The molecule has 2 fully saturated rings. The normalized spacial score (nSPS) is 26.3. The smallest absolute Gasteiger partial charge is 0.241 e. The van der Waals surface area contributed by atoms with Crippen molar-refractivity contribution >= 4 is 22.4 Å². The fourth-order valence-electron chi connectivity index (χ4n) is 4.30. The second kappa shape index (κ2) is 6.94. The monoisotopic (exact) mass is 372 g/mol. The van der Waals surface area contributed by atoms with Gasteiger partial charge in [0.25, 0.3) is 0 Å². The minimum absolute atomic E-state index is 0. The van der Waals surface area contributed by atoms with Gasteiger partial charge in [0, 0.05) is 18.1 Å². The Morgan fingerprint density at radius 2 is 1.25 bits per heavy atom. The summed E-state index contributed by atoms with van der Waals surface area (Å²) in [5, 5.41) is 3.56. The summed E-state index contributed by atoms with van der Waals surface area (Å²) in [7, 11) is -3.48. The van der Waals surface area contributed by atoms with Crippen molar-refractivity contribution < 1.29 is 8.42 Å². The van der Waals surface area contributed by atoms with Crippen LogP contribution in [-0.4, -0.2) is 26.5 Å². The second-order valence-electron chi connectivity index (χ2n) is 7.38. The third kappa shape index (κ3) is 3.36. The first-order chi connectivity index (χ1) is 10.7. The molecule has 2 heterocycles. The van der Waals surface area contributed by atoms with Gasteiger partial charge < -0.3 is 5.32 Å². The van der Waals surface area contributed by atoms with E-state index in [1.54, 1.807) is 0 Å². The molecule has 2 saturated heterocycles. The molecule has 136 valence electrons. The van der Waals surface area contributed by atoms with Crippen LogP contribution in [0.15, 0.2) is 4.90 Å². The molecule has 2 unspecified atom stereocenters. The summed E-state index contributed by atoms with van der Waals surface area (Å²) in [6.45, 7) is 9.95. The Kier molecular flexibility index (Phi) is 5.70. The molecule has 0 saturated carbocycles. The predicted octanol–water partition coefficient (Wildman–Crippen LogP) is 3.21. The molecular formula is C18H29ClN2O2S. The maximum Gasteiger partial charge on any atom is 0.241 e. The van der Waals surface area contributed by atoms with E-state index in [1.807, 2.05) is 27.7 Å². The van der Waals surface area contributed by atoms with Crippen molar-refractivity contribution in [2.24, 2.45) is 0 Å². The summed E-state index contributed by atoms with van der Waals surface area (Å²) < 4.78 is 29.1. The zero-order chi connectivity index (χ0) is 16.9. The Balaban J connectivity index is 0.00000208. The Hall–Kier alpha value is -0.620. The largest absolute Gasteiger partial charge is 0.311 e. The molecule has 1 aromatic carbocycles. The number of nitrogens with one attached hydrogen (secondary N) is 2. The molecule has 4 nitrogen and oxygen atoms in total. The number of fused-ring (bicyclic) bond motifs is 2. The van der Waals surface area contributed by atoms with Crippen LogP contribution < -0.4 is 10.0 Å². The third-order valence-corrected chi connectivity index (χ3v) is 7.79. The summed E-state index contributed by atoms with van der Waals surface area (Å²) in [4.78, 5) is 0.490. The SMILES string of the molecule is Cc1c(C)c(C)c(S(=O)(=O)NC2CC3CCC(C2)N3)c(C)c1C.Cl. The number of piperidine rings is 1. The van der Waals surface area contributed by atoms with Crippen molar-refractivity contribution in [3.8, 4) is 0 Å². The van der Waals surface area contributed by atoms with Crippen LogP contribution in [0.2, 0.25) is 0 Å². The lowest BCUT2D eigenvalue weighted by Gasteiger charge is -2.30. The number of sulfonamides is 1. The van der Waals surface area contributed by atoms with Crippen LogP contribution in [0.3, 0.4) is 0 Å². The maximum absolute atomic E-state index is 13.1. The first-order valence-electron chi connectivity index (χ1n) is 8.56. The van der Waals surface area contributed by atoms with Crippen molar-refractivity contribution in [2.75, 3.05) is 0 Å². The van der Waals surface area contributed by atoms with Crippen molar-refractivity contribution in [3.05, 3.63) is 27.8 Å². The van der Waals surface area contributed by atoms with Gasteiger partial charge in [0.05, 0.1) is 4.90 Å². The van der Waals surface area contributed by atoms with Crippen molar-refractivity contribution in [1.29, 1.82) is 0 Å². The molecule has 2 atom stereocenters. The van der Waals surface area contributed by atoms with E-state index < -0.39 is 10.0 Å². The van der Waals surface area contributed by atoms with E-state index >= 15 is 0 Å². The molecule has 24 heavy (non-hydrogen) atoms. The van der Waals surface area contributed by atoms with E-state index in [2.05, 4.69) is 17.0 Å². The predicted molar refractivity (Wildman–Crippen MR) is 101 cm³/mol. The summed E-state index contributed by atoms with van der Waals surface area (Å²) in [5.74, 6) is 0. The lowest BCUT2D eigenvalue weighted by atomic mass is 9.95. The van der Waals surface area contributed by atoms with Gasteiger partial charge in [0.15, 0.2) is 0 Å². The molecule has 3 rings (SSSR count). The number of hydrogen-bond acceptors (Lipinski definition) is 3. The molecule has 2 N–H and O–H groups in total. The Morgan fingerprint density at radius 3 is 1.71 bits per heavy atom. The van der Waals surface area contributed by atoms with Crippen LogP contribution in [-0.2, 0) is 10.0 Å². The first kappa shape index (κ1) is 19.7. The average Bonchev–Trinajstić information content (AvgIpc) is 2.81. The van der Waals surface area contributed by atoms with Gasteiger partial charge in [-0.3, -0.25) is 0 Å². The first-order valence-corrected chi connectivity index (χ1v) is 10.0. The number of rotatable bonds is 3. The van der Waals surface area contributed by atoms with E-state index in [4.69, 9.17) is 0 Å². The summed E-state index contributed by atoms with van der Waals surface area (Å²) >= 11 is 0. The van der Waals surface area contributed by atoms with Crippen LogP contribution in [0.4, 0.5) is 0 Å². The van der Waals surface area contributed by atoms with Crippen LogP contribution in [0.25, 0.3) is 0 Å². The van der Waals surface area contributed by atoms with Gasteiger partial charge in [0.1, 0.15) is 0 Å². The van der Waals surface area contributed by atoms with Crippen LogP contribution in [0, 0.1) is 34.6 Å². The molecule has 0 amide bonds. The lowest BCUT2D eigenvalue weighted by Crippen LogP contribution is -2.48. The highest BCUT2D eigenvalue weighted by Gasteiger charge is 2.36. The molecule has 1 aromatic rings. The topological polar surface area (TPSA) is 58.2 Å². The molecule has 0 aliphatic carbocycles. The Bertz CT molecular complexity index is 705. The average molecular weight is 373 g/mol. The number of benzene rings is 1. The van der Waals surface area contributed by atoms with E-state index in [9.17, 15) is 8.42 Å². The van der Waals surface area contributed by atoms with Crippen LogP contribution in [0.1, 0.15) is 53.5 Å². The number of hydrogen-bond donors (Lipinski definition) is 2. The van der Waals surface area contributed by atoms with Crippen molar-refractivity contribution in [2.45, 2.75) is 83.3 Å². The minimum atomic E-state index is -3.48. The third-order valence-electron chi connectivity index (χ3n) is 5.99. The van der Waals surface area contributed by atoms with Gasteiger partial charge in [-0.25, -0.2) is 13.1 Å². The second-order valence-corrected chi connectivity index (χ2v) is 9.03. The lowest BCUT2D eigenvalue weighted by molar-refractivity contribution is 0.345. The Labute approximate surface area is 152 Å². The molecular weight excluding hydrogens is 344 g/mol. The van der Waals surface area contributed by atoms with E-state index in [-0.39, 0.29) is 18.4 Å². The quantitative estimate of drug-likeness (QED) is 0.856. The van der Waals surface area contributed by atoms with Gasteiger partial charge in [-0.1, -0.05) is 0 Å². The minimum Gasteiger partial charge on any atom is -0.311 e. The van der Waals surface area contributed by atoms with Gasteiger partial charge in [-0.05, 0) is 88.1 Å². The Morgan fingerprint density at radius 1 is 0.833 bits per heavy atom. The van der Waals surface area contributed by atoms with E-state index in [1.165, 1.54) is 18.4 Å². The van der Waals surface area contributed by atoms with Crippen LogP contribution >= 0.6 is 12.4 Å². The van der Waals surface area contributed by atoms with Gasteiger partial charge in [-0.2, -0.15) is 0 Å². The molecule has 2 aliphatic heterocycles. The molecule has 6 heteroatoms. The van der Waals surface area contributed by atoms with Crippen molar-refractivity contribution in [1.82, 2.24) is 10.0 Å². The van der Waals surface area contributed by atoms with Gasteiger partial charge in [0.2, 0.25) is 10.0 Å². The summed E-state index contributed by atoms with van der Waals surface area (Å²) in [5.41, 5.74) is 5.13. The zero-order valence-electron chi connectivity index (χ0n) is 15.2. The van der Waals surface area contributed by atoms with Crippen LogP contribution in [0.5, 0.6) is 0 Å².